The molecule has 0 saturated carbocycles. The van der Waals surface area contributed by atoms with Crippen LogP contribution in [0, 0.1) is 17.8 Å². The van der Waals surface area contributed by atoms with E-state index in [1.54, 1.807) is 0 Å². The molecule has 37 heavy (non-hydrogen) atoms. The fourth-order valence-corrected chi connectivity index (χ4v) is 5.95. The number of ether oxygens (including phenoxy) is 1. The van der Waals surface area contributed by atoms with Gasteiger partial charge in [0.05, 0.1) is 12.7 Å². The van der Waals surface area contributed by atoms with Gasteiger partial charge in [0.15, 0.2) is 11.4 Å². The summed E-state index contributed by atoms with van der Waals surface area (Å²) in [5.74, 6) is -5.48. The third-order valence-electron chi connectivity index (χ3n) is 7.82. The summed E-state index contributed by atoms with van der Waals surface area (Å²) in [7, 11) is 3.45. The van der Waals surface area contributed by atoms with Gasteiger partial charge in [0, 0.05) is 35.6 Å². The summed E-state index contributed by atoms with van der Waals surface area (Å²) in [6, 6.07) is 1.47. The van der Waals surface area contributed by atoms with Gasteiger partial charge in [0.1, 0.15) is 28.6 Å². The fraction of sp³-hybridized carbons (Fsp3) is 0.519. The Morgan fingerprint density at radius 3 is 2.51 bits per heavy atom. The zero-order valence-electron chi connectivity index (χ0n) is 21.5. The lowest BCUT2D eigenvalue weighted by Gasteiger charge is -2.45. The van der Waals surface area contributed by atoms with E-state index in [0.717, 1.165) is 13.0 Å². The van der Waals surface area contributed by atoms with Crippen molar-refractivity contribution in [2.45, 2.75) is 51.7 Å². The van der Waals surface area contributed by atoms with Crippen molar-refractivity contribution in [2.24, 2.45) is 23.5 Å². The van der Waals surface area contributed by atoms with E-state index in [1.807, 2.05) is 7.05 Å². The zero-order chi connectivity index (χ0) is 27.4. The standard InChI is InChI=1S/C27H34N2O8/c1-12(2)5-6-29(3)11-14-9-17(30)20-16(23(14)37-4)8-13-7-15-10-18(31)21(26(28)35)25(34)27(15,36)24(33)19(13)22(20)32/h9,12-13,15,30-31,33,36H,5-8,10-11H2,1-4H3,(H2,28,35)/t13?,15-,27-/m0/s1. The summed E-state index contributed by atoms with van der Waals surface area (Å²) in [5, 5.41) is 43.6. The molecule has 10 heteroatoms. The Kier molecular flexibility index (Phi) is 6.85. The predicted molar refractivity (Wildman–Crippen MR) is 133 cm³/mol. The highest BCUT2D eigenvalue weighted by Crippen LogP contribution is 2.52. The number of phenolic OH excluding ortho intramolecular Hbond substituents is 1. The number of amides is 1. The van der Waals surface area contributed by atoms with Crippen LogP contribution in [0.5, 0.6) is 11.5 Å². The number of carbonyl (C=O) groups is 3. The molecule has 1 amide bonds. The molecule has 3 atom stereocenters. The summed E-state index contributed by atoms with van der Waals surface area (Å²) in [4.78, 5) is 40.5. The van der Waals surface area contributed by atoms with Gasteiger partial charge in [-0.3, -0.25) is 14.4 Å². The number of aliphatic hydroxyl groups excluding tert-OH is 2. The summed E-state index contributed by atoms with van der Waals surface area (Å²) >= 11 is 0. The van der Waals surface area contributed by atoms with Gasteiger partial charge in [-0.05, 0) is 50.8 Å². The van der Waals surface area contributed by atoms with E-state index in [2.05, 4.69) is 18.7 Å². The summed E-state index contributed by atoms with van der Waals surface area (Å²) in [6.07, 6.45) is 1.00. The van der Waals surface area contributed by atoms with Crippen molar-refractivity contribution < 1.29 is 39.5 Å². The SMILES string of the molecule is COc1c(CN(C)CCC(C)C)cc(O)c2c1CC1C[C@H]3CC(O)=C(C(N)=O)C(=O)[C@@]3(O)C(O)=C1C2=O. The van der Waals surface area contributed by atoms with Gasteiger partial charge in [-0.15, -0.1) is 0 Å². The largest absolute Gasteiger partial charge is 0.511 e. The Bertz CT molecular complexity index is 1250. The van der Waals surface area contributed by atoms with Crippen LogP contribution in [0.15, 0.2) is 28.7 Å². The predicted octanol–water partition coefficient (Wildman–Crippen LogP) is 2.07. The first kappa shape index (κ1) is 26.7. The first-order valence-corrected chi connectivity index (χ1v) is 12.4. The molecule has 0 spiro atoms. The average Bonchev–Trinajstić information content (AvgIpc) is 2.79. The van der Waals surface area contributed by atoms with Gasteiger partial charge in [-0.1, -0.05) is 13.8 Å². The number of hydrogen-bond donors (Lipinski definition) is 5. The highest BCUT2D eigenvalue weighted by atomic mass is 16.5. The second-order valence-corrected chi connectivity index (χ2v) is 10.8. The summed E-state index contributed by atoms with van der Waals surface area (Å²) in [6.45, 7) is 5.59. The fourth-order valence-electron chi connectivity index (χ4n) is 5.95. The first-order chi connectivity index (χ1) is 17.3. The molecule has 4 rings (SSSR count). The molecule has 0 bridgehead atoms. The van der Waals surface area contributed by atoms with Gasteiger partial charge in [-0.25, -0.2) is 0 Å². The number of phenols is 1. The Morgan fingerprint density at radius 2 is 1.92 bits per heavy atom. The van der Waals surface area contributed by atoms with Crippen molar-refractivity contribution in [3.8, 4) is 11.5 Å². The maximum atomic E-state index is 13.6. The van der Waals surface area contributed by atoms with E-state index in [0.29, 0.717) is 29.3 Å². The lowest BCUT2D eigenvalue weighted by Crippen LogP contribution is -2.57. The number of fused-ring (bicyclic) bond motifs is 3. The van der Waals surface area contributed by atoms with Crippen molar-refractivity contribution in [2.75, 3.05) is 20.7 Å². The molecule has 0 aliphatic heterocycles. The zero-order valence-corrected chi connectivity index (χ0v) is 21.5. The topological polar surface area (TPSA) is 171 Å². The molecule has 0 fully saturated rings. The quantitative estimate of drug-likeness (QED) is 0.342. The van der Waals surface area contributed by atoms with Gasteiger partial charge in [0.25, 0.3) is 5.91 Å². The van der Waals surface area contributed by atoms with Gasteiger partial charge in [-0.2, -0.15) is 0 Å². The maximum absolute atomic E-state index is 13.6. The Labute approximate surface area is 215 Å². The molecule has 200 valence electrons. The summed E-state index contributed by atoms with van der Waals surface area (Å²) < 4.78 is 5.71. The molecule has 1 aromatic rings. The van der Waals surface area contributed by atoms with Crippen molar-refractivity contribution >= 4 is 17.5 Å². The first-order valence-electron chi connectivity index (χ1n) is 12.4. The minimum absolute atomic E-state index is 0.0537. The van der Waals surface area contributed by atoms with Crippen LogP contribution >= 0.6 is 0 Å². The number of hydrogen-bond acceptors (Lipinski definition) is 9. The van der Waals surface area contributed by atoms with Crippen molar-refractivity contribution in [1.29, 1.82) is 0 Å². The Hall–Kier alpha value is -3.37. The van der Waals surface area contributed by atoms with Crippen LogP contribution in [0.4, 0.5) is 0 Å². The van der Waals surface area contributed by atoms with E-state index >= 15 is 0 Å². The van der Waals surface area contributed by atoms with Crippen LogP contribution in [0.1, 0.15) is 54.6 Å². The molecule has 0 aromatic heterocycles. The number of nitrogens with two attached hydrogens (primary N) is 1. The number of rotatable bonds is 7. The molecule has 0 saturated heterocycles. The molecule has 1 aromatic carbocycles. The number of ketones is 2. The Morgan fingerprint density at radius 1 is 1.24 bits per heavy atom. The van der Waals surface area contributed by atoms with Crippen LogP contribution in [-0.2, 0) is 22.6 Å². The van der Waals surface area contributed by atoms with Crippen molar-refractivity contribution in [3.63, 3.8) is 0 Å². The van der Waals surface area contributed by atoms with Crippen molar-refractivity contribution in [3.05, 3.63) is 45.4 Å². The second kappa shape index (κ2) is 9.50. The van der Waals surface area contributed by atoms with Gasteiger partial charge in [0.2, 0.25) is 5.78 Å². The maximum Gasteiger partial charge on any atom is 0.255 e. The lowest BCUT2D eigenvalue weighted by molar-refractivity contribution is -0.144. The van der Waals surface area contributed by atoms with Crippen LogP contribution in [0.3, 0.4) is 0 Å². The molecule has 0 radical (unpaired) electrons. The molecule has 0 heterocycles. The highest BCUT2D eigenvalue weighted by Gasteiger charge is 2.59. The van der Waals surface area contributed by atoms with Crippen LogP contribution in [0.2, 0.25) is 0 Å². The van der Waals surface area contributed by atoms with Gasteiger partial charge < -0.3 is 35.8 Å². The number of aromatic hydroxyl groups is 1. The van der Waals surface area contributed by atoms with Gasteiger partial charge >= 0.3 is 0 Å². The van der Waals surface area contributed by atoms with Crippen molar-refractivity contribution in [1.82, 2.24) is 4.90 Å². The van der Waals surface area contributed by atoms with E-state index in [4.69, 9.17) is 10.5 Å². The van der Waals surface area contributed by atoms with E-state index < -0.39 is 52.0 Å². The second-order valence-electron chi connectivity index (χ2n) is 10.8. The smallest absolute Gasteiger partial charge is 0.255 e. The number of methoxy groups -OCH3 is 1. The number of nitrogens with zero attached hydrogens (tertiary/aromatic N) is 1. The Balaban J connectivity index is 1.79. The number of benzene rings is 1. The third-order valence-corrected chi connectivity index (χ3v) is 7.82. The number of carbonyl (C=O) groups excluding carboxylic acids is 3. The molecule has 3 aliphatic carbocycles. The van der Waals surface area contributed by atoms with E-state index in [1.165, 1.54) is 13.2 Å². The number of aliphatic hydroxyl groups is 3. The van der Waals surface area contributed by atoms with E-state index in [-0.39, 0.29) is 36.1 Å². The van der Waals surface area contributed by atoms with Crippen LogP contribution in [0.25, 0.3) is 0 Å². The molecule has 3 aliphatic rings. The third kappa shape index (κ3) is 4.18. The number of Topliss-reactive ketones (excluding diaryl/α,β-unsaturated/α-hetero) is 2. The molecule has 1 unspecified atom stereocenters. The molecular formula is C27H34N2O8. The lowest BCUT2D eigenvalue weighted by atomic mass is 9.60. The van der Waals surface area contributed by atoms with E-state index in [9.17, 15) is 34.8 Å². The van der Waals surface area contributed by atoms with Crippen LogP contribution < -0.4 is 10.5 Å². The normalized spacial score (nSPS) is 25.4. The number of allylic oxidation sites excluding steroid dienone is 2. The molecule has 6 N–H and O–H groups in total. The minimum Gasteiger partial charge on any atom is -0.511 e. The molecular weight excluding hydrogens is 480 g/mol. The minimum atomic E-state index is -2.58. The molecule has 10 nitrogen and oxygen atoms in total. The van der Waals surface area contributed by atoms with Crippen LogP contribution in [-0.4, -0.2) is 69.1 Å². The monoisotopic (exact) mass is 514 g/mol. The average molecular weight is 515 g/mol. The number of primary amides is 1. The summed E-state index contributed by atoms with van der Waals surface area (Å²) in [5.41, 5.74) is 2.82. The highest BCUT2D eigenvalue weighted by molar-refractivity contribution is 6.24.